The number of piperidine rings is 1. The largest absolute Gasteiger partial charge is 0.303 e. The van der Waals surface area contributed by atoms with Crippen molar-refractivity contribution in [2.75, 3.05) is 58.9 Å². The summed E-state index contributed by atoms with van der Waals surface area (Å²) in [5, 5.41) is 0. The Labute approximate surface area is 139 Å². The van der Waals surface area contributed by atoms with Crippen molar-refractivity contribution >= 4 is 0 Å². The Balaban J connectivity index is 1.59. The second-order valence-electron chi connectivity index (χ2n) is 8.46. The quantitative estimate of drug-likeness (QED) is 0.716. The maximum atomic E-state index is 2.73. The molecule has 0 aromatic rings. The molecule has 2 rings (SSSR count). The van der Waals surface area contributed by atoms with Gasteiger partial charge in [0.05, 0.1) is 0 Å². The minimum Gasteiger partial charge on any atom is -0.303 e. The fraction of sp³-hybridized carbons (Fsp3) is 1.00. The molecule has 2 saturated heterocycles. The van der Waals surface area contributed by atoms with E-state index in [-0.39, 0.29) is 0 Å². The lowest BCUT2D eigenvalue weighted by Crippen LogP contribution is -2.49. The van der Waals surface area contributed by atoms with Gasteiger partial charge in [0.15, 0.2) is 0 Å². The molecule has 0 atom stereocenters. The van der Waals surface area contributed by atoms with Crippen LogP contribution in [-0.4, -0.2) is 73.6 Å². The highest BCUT2D eigenvalue weighted by atomic mass is 15.3. The van der Waals surface area contributed by atoms with Gasteiger partial charge in [-0.2, -0.15) is 0 Å². The van der Waals surface area contributed by atoms with Gasteiger partial charge in [0.25, 0.3) is 0 Å². The molecular weight excluding hydrogens is 270 g/mol. The summed E-state index contributed by atoms with van der Waals surface area (Å²) in [6, 6.07) is 0. The van der Waals surface area contributed by atoms with Crippen LogP contribution in [0.4, 0.5) is 0 Å². The van der Waals surface area contributed by atoms with Crippen LogP contribution < -0.4 is 0 Å². The molecule has 0 N–H and O–H groups in total. The lowest BCUT2D eigenvalue weighted by molar-refractivity contribution is 0.0904. The van der Waals surface area contributed by atoms with Gasteiger partial charge in [-0.05, 0) is 56.7 Å². The van der Waals surface area contributed by atoms with E-state index in [0.717, 1.165) is 17.8 Å². The van der Waals surface area contributed by atoms with Crippen LogP contribution in [0.25, 0.3) is 0 Å². The highest BCUT2D eigenvalue weighted by Gasteiger charge is 2.23. The average molecular weight is 310 g/mol. The van der Waals surface area contributed by atoms with Gasteiger partial charge in [0.2, 0.25) is 0 Å². The highest BCUT2D eigenvalue weighted by molar-refractivity contribution is 4.79. The fourth-order valence-corrected chi connectivity index (χ4v) is 3.87. The first-order valence-electron chi connectivity index (χ1n) is 9.70. The fourth-order valence-electron chi connectivity index (χ4n) is 3.87. The second kappa shape index (κ2) is 9.24. The van der Waals surface area contributed by atoms with Crippen molar-refractivity contribution in [3.05, 3.63) is 0 Å². The van der Waals surface area contributed by atoms with E-state index in [9.17, 15) is 0 Å². The lowest BCUT2D eigenvalue weighted by Gasteiger charge is -2.39. The normalized spacial score (nSPS) is 23.7. The molecule has 0 spiro atoms. The van der Waals surface area contributed by atoms with Gasteiger partial charge >= 0.3 is 0 Å². The molecule has 130 valence electrons. The molecule has 0 saturated carbocycles. The molecule has 0 amide bonds. The molecule has 22 heavy (non-hydrogen) atoms. The molecule has 3 nitrogen and oxygen atoms in total. The first kappa shape index (κ1) is 18.2. The van der Waals surface area contributed by atoms with E-state index in [2.05, 4.69) is 42.4 Å². The van der Waals surface area contributed by atoms with Gasteiger partial charge in [-0.15, -0.1) is 0 Å². The Kier molecular flexibility index (Phi) is 7.66. The number of nitrogens with zero attached hydrogens (tertiary/aromatic N) is 3. The van der Waals surface area contributed by atoms with Crippen LogP contribution in [0.5, 0.6) is 0 Å². The summed E-state index contributed by atoms with van der Waals surface area (Å²) in [6.07, 6.45) is 4.19. The van der Waals surface area contributed by atoms with Crippen molar-refractivity contribution in [2.24, 2.45) is 17.8 Å². The van der Waals surface area contributed by atoms with Gasteiger partial charge in [-0.3, -0.25) is 0 Å². The Hall–Kier alpha value is -0.120. The van der Waals surface area contributed by atoms with Crippen LogP contribution in [0.1, 0.15) is 47.0 Å². The van der Waals surface area contributed by atoms with E-state index in [4.69, 9.17) is 0 Å². The highest BCUT2D eigenvalue weighted by Crippen LogP contribution is 2.20. The van der Waals surface area contributed by atoms with Gasteiger partial charge < -0.3 is 14.7 Å². The van der Waals surface area contributed by atoms with Crippen molar-refractivity contribution in [3.8, 4) is 0 Å². The zero-order valence-electron chi connectivity index (χ0n) is 15.6. The predicted octanol–water partition coefficient (Wildman–Crippen LogP) is 3.02. The third-order valence-corrected chi connectivity index (χ3v) is 5.33. The van der Waals surface area contributed by atoms with Crippen LogP contribution in [0.2, 0.25) is 0 Å². The third-order valence-electron chi connectivity index (χ3n) is 5.33. The van der Waals surface area contributed by atoms with E-state index >= 15 is 0 Å². The minimum atomic E-state index is 0.815. The zero-order chi connectivity index (χ0) is 15.9. The SMILES string of the molecule is CC(C)CCN1CCN(CC2CCN(CC(C)C)CC2)CC1. The lowest BCUT2D eigenvalue weighted by atomic mass is 9.95. The maximum Gasteiger partial charge on any atom is 0.0110 e. The molecule has 0 aliphatic carbocycles. The molecule has 2 fully saturated rings. The van der Waals surface area contributed by atoms with Crippen LogP contribution in [0.15, 0.2) is 0 Å². The molecule has 0 radical (unpaired) electrons. The smallest absolute Gasteiger partial charge is 0.0110 e. The van der Waals surface area contributed by atoms with Crippen LogP contribution in [0.3, 0.4) is 0 Å². The van der Waals surface area contributed by atoms with E-state index in [1.807, 2.05) is 0 Å². The summed E-state index contributed by atoms with van der Waals surface area (Å²) in [6.45, 7) is 21.1. The summed E-state index contributed by atoms with van der Waals surface area (Å²) in [5.41, 5.74) is 0. The molecule has 0 bridgehead atoms. The number of likely N-dealkylation sites (tertiary alicyclic amines) is 1. The number of piperazine rings is 1. The second-order valence-corrected chi connectivity index (χ2v) is 8.46. The topological polar surface area (TPSA) is 9.72 Å². The number of hydrogen-bond donors (Lipinski definition) is 0. The number of rotatable bonds is 7. The Bertz CT molecular complexity index is 287. The van der Waals surface area contributed by atoms with Crippen molar-refractivity contribution in [1.82, 2.24) is 14.7 Å². The zero-order valence-corrected chi connectivity index (χ0v) is 15.6. The summed E-state index contributed by atoms with van der Waals surface area (Å²) < 4.78 is 0. The Morgan fingerprint density at radius 2 is 1.32 bits per heavy atom. The average Bonchev–Trinajstić information content (AvgIpc) is 2.48. The summed E-state index contributed by atoms with van der Waals surface area (Å²) in [7, 11) is 0. The molecule has 2 aliphatic heterocycles. The van der Waals surface area contributed by atoms with E-state index < -0.39 is 0 Å². The Morgan fingerprint density at radius 3 is 1.86 bits per heavy atom. The van der Waals surface area contributed by atoms with Crippen LogP contribution in [0, 0.1) is 17.8 Å². The molecule has 0 aromatic carbocycles. The number of hydrogen-bond acceptors (Lipinski definition) is 3. The van der Waals surface area contributed by atoms with E-state index in [1.165, 1.54) is 78.2 Å². The Morgan fingerprint density at radius 1 is 0.727 bits per heavy atom. The minimum absolute atomic E-state index is 0.815. The first-order valence-corrected chi connectivity index (χ1v) is 9.70. The van der Waals surface area contributed by atoms with Crippen molar-refractivity contribution < 1.29 is 0 Å². The van der Waals surface area contributed by atoms with Gasteiger partial charge in [-0.25, -0.2) is 0 Å². The molecule has 0 unspecified atom stereocenters. The van der Waals surface area contributed by atoms with Crippen LogP contribution >= 0.6 is 0 Å². The first-order chi connectivity index (χ1) is 10.5. The van der Waals surface area contributed by atoms with Crippen molar-refractivity contribution in [3.63, 3.8) is 0 Å². The molecule has 2 heterocycles. The van der Waals surface area contributed by atoms with E-state index in [0.29, 0.717) is 0 Å². The predicted molar refractivity (Wildman–Crippen MR) is 96.3 cm³/mol. The maximum absolute atomic E-state index is 2.73. The summed E-state index contributed by atoms with van der Waals surface area (Å²) >= 11 is 0. The standard InChI is InChI=1S/C19H39N3/c1-17(2)5-8-20-11-13-22(14-12-20)16-19-6-9-21(10-7-19)15-18(3)4/h17-19H,5-16H2,1-4H3. The molecule has 0 aromatic heterocycles. The van der Waals surface area contributed by atoms with Gasteiger partial charge in [-0.1, -0.05) is 27.7 Å². The molecular formula is C19H39N3. The van der Waals surface area contributed by atoms with Gasteiger partial charge in [0, 0.05) is 39.3 Å². The molecule has 2 aliphatic rings. The van der Waals surface area contributed by atoms with Crippen molar-refractivity contribution in [1.29, 1.82) is 0 Å². The molecule has 3 heteroatoms. The van der Waals surface area contributed by atoms with Crippen molar-refractivity contribution in [2.45, 2.75) is 47.0 Å². The third kappa shape index (κ3) is 6.55. The summed E-state index contributed by atoms with van der Waals surface area (Å²) in [4.78, 5) is 8.07. The van der Waals surface area contributed by atoms with E-state index in [1.54, 1.807) is 0 Å². The summed E-state index contributed by atoms with van der Waals surface area (Å²) in [5.74, 6) is 2.61. The monoisotopic (exact) mass is 309 g/mol. The van der Waals surface area contributed by atoms with Crippen LogP contribution in [-0.2, 0) is 0 Å². The van der Waals surface area contributed by atoms with Gasteiger partial charge in [0.1, 0.15) is 0 Å².